The molecular formula is C62H43NS. The van der Waals surface area contributed by atoms with Crippen LogP contribution >= 0.6 is 11.3 Å². The first-order valence-electron chi connectivity index (χ1n) is 22.1. The van der Waals surface area contributed by atoms with Crippen molar-refractivity contribution in [3.63, 3.8) is 0 Å². The van der Waals surface area contributed by atoms with E-state index in [1.165, 1.54) is 91.4 Å². The summed E-state index contributed by atoms with van der Waals surface area (Å²) < 4.78 is 2.57. The van der Waals surface area contributed by atoms with E-state index >= 15 is 0 Å². The normalized spacial score (nSPS) is 14.8. The Morgan fingerprint density at radius 2 is 1.03 bits per heavy atom. The molecule has 0 N–H and O–H groups in total. The molecule has 1 heterocycles. The number of rotatable bonds is 8. The Morgan fingerprint density at radius 3 is 1.80 bits per heavy atom. The fourth-order valence-electron chi connectivity index (χ4n) is 10.6. The molecule has 1 aliphatic carbocycles. The van der Waals surface area contributed by atoms with Gasteiger partial charge in [0, 0.05) is 37.2 Å². The van der Waals surface area contributed by atoms with E-state index < -0.39 is 5.41 Å². The van der Waals surface area contributed by atoms with Gasteiger partial charge in [-0.2, -0.15) is 0 Å². The Balaban J connectivity index is 1.09. The molecule has 302 valence electrons. The number of nitrogens with zero attached hydrogens (tertiary/aromatic N) is 1. The van der Waals surface area contributed by atoms with Crippen molar-refractivity contribution >= 4 is 80.9 Å². The second kappa shape index (κ2) is 15.2. The van der Waals surface area contributed by atoms with E-state index in [2.05, 4.69) is 249 Å². The van der Waals surface area contributed by atoms with Crippen LogP contribution in [0.1, 0.15) is 23.6 Å². The molecule has 2 heteroatoms. The monoisotopic (exact) mass is 833 g/mol. The van der Waals surface area contributed by atoms with Crippen LogP contribution < -0.4 is 4.90 Å². The van der Waals surface area contributed by atoms with Gasteiger partial charge in [-0.15, -0.1) is 11.3 Å². The van der Waals surface area contributed by atoms with E-state index in [4.69, 9.17) is 0 Å². The summed E-state index contributed by atoms with van der Waals surface area (Å²) in [5.41, 5.74) is 12.4. The van der Waals surface area contributed by atoms with Crippen molar-refractivity contribution in [2.75, 3.05) is 4.90 Å². The Morgan fingerprint density at radius 1 is 0.453 bits per heavy atom. The van der Waals surface area contributed by atoms with Gasteiger partial charge in [0.2, 0.25) is 0 Å². The van der Waals surface area contributed by atoms with Crippen molar-refractivity contribution in [2.45, 2.75) is 12.3 Å². The van der Waals surface area contributed by atoms with Crippen molar-refractivity contribution in [1.82, 2.24) is 0 Å². The molecule has 0 amide bonds. The lowest BCUT2D eigenvalue weighted by molar-refractivity contribution is 0.767. The van der Waals surface area contributed by atoms with Crippen molar-refractivity contribution < 1.29 is 0 Å². The minimum Gasteiger partial charge on any atom is -0.310 e. The number of fused-ring (bicyclic) bond motifs is 12. The Hall–Kier alpha value is -7.78. The average Bonchev–Trinajstić information content (AvgIpc) is 3.88. The van der Waals surface area contributed by atoms with E-state index in [1.54, 1.807) is 0 Å². The van der Waals surface area contributed by atoms with Gasteiger partial charge in [-0.25, -0.2) is 0 Å². The minimum atomic E-state index is -0.592. The highest BCUT2D eigenvalue weighted by molar-refractivity contribution is 7.25. The molecule has 1 aromatic heterocycles. The van der Waals surface area contributed by atoms with Crippen LogP contribution in [0.25, 0.3) is 74.7 Å². The molecule has 0 spiro atoms. The number of hydrogen-bond acceptors (Lipinski definition) is 2. The lowest BCUT2D eigenvalue weighted by atomic mass is 9.67. The molecule has 12 rings (SSSR count). The van der Waals surface area contributed by atoms with Gasteiger partial charge >= 0.3 is 0 Å². The highest BCUT2D eigenvalue weighted by Gasteiger charge is 2.46. The van der Waals surface area contributed by atoms with Crippen molar-refractivity contribution in [1.29, 1.82) is 0 Å². The number of hydrogen-bond donors (Lipinski definition) is 0. The first-order valence-corrected chi connectivity index (χ1v) is 22.9. The fraction of sp³-hybridized carbons (Fsp3) is 0.0323. The molecular weight excluding hydrogens is 791 g/mol. The van der Waals surface area contributed by atoms with Crippen LogP contribution in [0.3, 0.4) is 0 Å². The maximum Gasteiger partial charge on any atom is 0.0714 e. The highest BCUT2D eigenvalue weighted by Crippen LogP contribution is 2.58. The predicted molar refractivity (Wildman–Crippen MR) is 277 cm³/mol. The maximum atomic E-state index is 4.45. The standard InChI is InChI=1S/C62H43NS/c1-3-5-19-43(4-2)62(44-20-7-6-8-21-44)58-29-15-13-27-53(58)54-35-32-46(39-59(54)62)63(47-33-36-56-55-28-14-16-30-60(55)64-61(56)40-47)45-22-17-18-41(37-45)42-31-34-52-50-25-10-9-23-48(50)49-24-11-12-26-51(49)57(52)38-42/h3-40H,2H2,1H3/b5-3-,43-19+. The molecule has 0 bridgehead atoms. The SMILES string of the molecule is C=C/C(=C\C=C/C)C1(c2ccccc2)c2ccccc2-c2ccc(N(c3cccc(-c4ccc5c6ccccc6c6ccccc6c5c4)c3)c3ccc4c(c3)sc3ccccc34)cc21. The van der Waals surface area contributed by atoms with Gasteiger partial charge in [0.1, 0.15) is 0 Å². The fourth-order valence-corrected chi connectivity index (χ4v) is 11.8. The topological polar surface area (TPSA) is 3.24 Å². The molecule has 1 aliphatic rings. The molecule has 0 saturated heterocycles. The third-order valence-electron chi connectivity index (χ3n) is 13.4. The van der Waals surface area contributed by atoms with Gasteiger partial charge in [0.15, 0.2) is 0 Å². The first-order chi connectivity index (χ1) is 31.6. The number of benzene rings is 10. The smallest absolute Gasteiger partial charge is 0.0714 e. The van der Waals surface area contributed by atoms with Crippen molar-refractivity contribution in [2.24, 2.45) is 0 Å². The third-order valence-corrected chi connectivity index (χ3v) is 14.6. The summed E-state index contributed by atoms with van der Waals surface area (Å²) in [5.74, 6) is 0. The van der Waals surface area contributed by atoms with Crippen LogP contribution in [0, 0.1) is 0 Å². The average molecular weight is 834 g/mol. The Bertz CT molecular complexity index is 3680. The highest BCUT2D eigenvalue weighted by atomic mass is 32.1. The molecule has 0 aliphatic heterocycles. The molecule has 0 fully saturated rings. The summed E-state index contributed by atoms with van der Waals surface area (Å²) in [5, 5.41) is 10.3. The van der Waals surface area contributed by atoms with E-state index in [-0.39, 0.29) is 0 Å². The lowest BCUT2D eigenvalue weighted by Gasteiger charge is -2.35. The summed E-state index contributed by atoms with van der Waals surface area (Å²) in [6, 6.07) is 76.5. The molecule has 10 aromatic carbocycles. The molecule has 0 radical (unpaired) electrons. The van der Waals surface area contributed by atoms with Crippen LogP contribution in [-0.2, 0) is 5.41 Å². The second-order valence-electron chi connectivity index (χ2n) is 16.8. The predicted octanol–water partition coefficient (Wildman–Crippen LogP) is 17.7. The maximum absolute atomic E-state index is 4.45. The van der Waals surface area contributed by atoms with Crippen LogP contribution in [-0.4, -0.2) is 0 Å². The number of anilines is 3. The third kappa shape index (κ3) is 5.76. The zero-order valence-corrected chi connectivity index (χ0v) is 36.3. The first kappa shape index (κ1) is 37.9. The van der Waals surface area contributed by atoms with Crippen molar-refractivity contribution in [3.8, 4) is 22.3 Å². The van der Waals surface area contributed by atoms with Crippen LogP contribution in [0.4, 0.5) is 17.1 Å². The molecule has 1 unspecified atom stereocenters. The van der Waals surface area contributed by atoms with Gasteiger partial charge in [-0.1, -0.05) is 189 Å². The molecule has 1 nitrogen and oxygen atoms in total. The van der Waals surface area contributed by atoms with Gasteiger partial charge in [0.05, 0.1) is 5.41 Å². The molecule has 0 saturated carbocycles. The van der Waals surface area contributed by atoms with Crippen LogP contribution in [0.5, 0.6) is 0 Å². The Labute approximate surface area is 377 Å². The van der Waals surface area contributed by atoms with E-state index in [1.807, 2.05) is 11.3 Å². The summed E-state index contributed by atoms with van der Waals surface area (Å²) in [6.07, 6.45) is 8.53. The van der Waals surface area contributed by atoms with Gasteiger partial charge in [-0.3, -0.25) is 0 Å². The molecule has 64 heavy (non-hydrogen) atoms. The number of thiophene rings is 1. The zero-order chi connectivity index (χ0) is 42.8. The Kier molecular flexibility index (Phi) is 9.03. The molecule has 11 aromatic rings. The van der Waals surface area contributed by atoms with E-state index in [0.29, 0.717) is 0 Å². The summed E-state index contributed by atoms with van der Waals surface area (Å²) in [4.78, 5) is 2.46. The zero-order valence-electron chi connectivity index (χ0n) is 35.5. The van der Waals surface area contributed by atoms with E-state index in [0.717, 1.165) is 22.6 Å². The van der Waals surface area contributed by atoms with E-state index in [9.17, 15) is 0 Å². The lowest BCUT2D eigenvalue weighted by Crippen LogP contribution is -2.29. The summed E-state index contributed by atoms with van der Waals surface area (Å²) in [7, 11) is 0. The molecule has 1 atom stereocenters. The van der Waals surface area contributed by atoms with Gasteiger partial charge in [0.25, 0.3) is 0 Å². The van der Waals surface area contributed by atoms with Crippen LogP contribution in [0.2, 0.25) is 0 Å². The van der Waals surface area contributed by atoms with Gasteiger partial charge in [-0.05, 0) is 132 Å². The summed E-state index contributed by atoms with van der Waals surface area (Å²) >= 11 is 1.86. The minimum absolute atomic E-state index is 0.592. The second-order valence-corrected chi connectivity index (χ2v) is 17.8. The summed E-state index contributed by atoms with van der Waals surface area (Å²) in [6.45, 7) is 6.52. The van der Waals surface area contributed by atoms with Crippen molar-refractivity contribution in [3.05, 3.63) is 259 Å². The van der Waals surface area contributed by atoms with Gasteiger partial charge < -0.3 is 4.90 Å². The largest absolute Gasteiger partial charge is 0.310 e. The number of allylic oxidation sites excluding steroid dienone is 5. The van der Waals surface area contributed by atoms with Crippen LogP contribution in [0.15, 0.2) is 243 Å². The quantitative estimate of drug-likeness (QED) is 0.109.